The molecule has 16 nitrogen and oxygen atoms in total. The number of anilines is 1. The zero-order valence-corrected chi connectivity index (χ0v) is 20.2. The lowest BCUT2D eigenvalue weighted by Gasteiger charge is -2.19. The van der Waals surface area contributed by atoms with Crippen LogP contribution in [0.15, 0.2) is 12.1 Å². The van der Waals surface area contributed by atoms with Gasteiger partial charge in [-0.2, -0.15) is 8.42 Å². The molecule has 0 spiro atoms. The van der Waals surface area contributed by atoms with Crippen molar-refractivity contribution in [3.8, 4) is 0 Å². The van der Waals surface area contributed by atoms with E-state index >= 15 is 0 Å². The number of nitrogens with one attached hydrogen (secondary N) is 1. The lowest BCUT2D eigenvalue weighted by molar-refractivity contribution is -0.496. The van der Waals surface area contributed by atoms with Crippen LogP contribution >= 0.6 is 23.8 Å². The molecule has 3 N–H and O–H groups in total. The number of phosphoric ester groups is 1. The maximum Gasteiger partial charge on any atom is 0.469 e. The largest absolute Gasteiger partial charge is 0.469 e. The Morgan fingerprint density at radius 3 is 2.39 bits per heavy atom. The smallest absolute Gasteiger partial charge is 0.350 e. The van der Waals surface area contributed by atoms with Crippen LogP contribution in [0.5, 0.6) is 0 Å². The zero-order valence-electron chi connectivity index (χ0n) is 16.9. The first-order chi connectivity index (χ1) is 15.2. The molecular formula is C14H20BrN4O12PS. The van der Waals surface area contributed by atoms with Crippen LogP contribution in [0.2, 0.25) is 0 Å². The highest BCUT2D eigenvalue weighted by Crippen LogP contribution is 2.37. The van der Waals surface area contributed by atoms with Gasteiger partial charge in [0.2, 0.25) is 0 Å². The summed E-state index contributed by atoms with van der Waals surface area (Å²) in [6.45, 7) is -2.55. The van der Waals surface area contributed by atoms with E-state index in [2.05, 4.69) is 30.0 Å². The molecule has 1 rings (SSSR count). The number of benzene rings is 1. The van der Waals surface area contributed by atoms with Crippen LogP contribution in [0.1, 0.15) is 15.9 Å². The van der Waals surface area contributed by atoms with Gasteiger partial charge in [-0.1, -0.05) is 27.0 Å². The molecule has 0 unspecified atom stereocenters. The predicted molar refractivity (Wildman–Crippen MR) is 116 cm³/mol. The first kappa shape index (κ1) is 28.8. The summed E-state index contributed by atoms with van der Waals surface area (Å²) in [4.78, 5) is 52.5. The molecule has 0 aliphatic carbocycles. The minimum atomic E-state index is -4.80. The van der Waals surface area contributed by atoms with Crippen molar-refractivity contribution in [3.05, 3.63) is 43.5 Å². The molecule has 0 fully saturated rings. The second kappa shape index (κ2) is 12.3. The molecule has 0 aliphatic rings. The van der Waals surface area contributed by atoms with Gasteiger partial charge in [0.1, 0.15) is 6.54 Å². The van der Waals surface area contributed by atoms with Crippen molar-refractivity contribution in [3.63, 3.8) is 0 Å². The third-order valence-electron chi connectivity index (χ3n) is 3.73. The number of nitro groups is 2. The maximum atomic E-state index is 12.6. The number of carbonyl (C=O) groups excluding carboxylic acids is 1. The number of hydrogen-bond donors (Lipinski definition) is 3. The van der Waals surface area contributed by atoms with E-state index in [9.17, 15) is 38.0 Å². The molecule has 0 radical (unpaired) electrons. The molecule has 186 valence electrons. The van der Waals surface area contributed by atoms with Gasteiger partial charge in [0.25, 0.3) is 16.0 Å². The van der Waals surface area contributed by atoms with Crippen molar-refractivity contribution in [2.45, 2.75) is 6.42 Å². The van der Waals surface area contributed by atoms with Crippen molar-refractivity contribution >= 4 is 51.2 Å². The molecule has 1 aromatic rings. The maximum absolute atomic E-state index is 12.6. The van der Waals surface area contributed by atoms with Gasteiger partial charge in [0.05, 0.1) is 30.0 Å². The fourth-order valence-corrected chi connectivity index (χ4v) is 3.68. The summed E-state index contributed by atoms with van der Waals surface area (Å²) < 4.78 is 41.7. The molecule has 0 saturated heterocycles. The standard InChI is InChI=1S/C14H20BrN4O12PS/c1-33(28,29)31-9-7-17(19(23)24)13-11(14(20)16-6-8-30-32(25,26)27)3-2-10(4-5-15)12(13)18(21)22/h2-3H,4-9H2,1H3,(H,16,20)(H2,25,26,27). The SMILES string of the molecule is CS(=O)(=O)OCCN(c1c(C(=O)NCCOP(=O)(O)O)ccc(CCBr)c1[N+](=O)[O-])[N+](=O)[O-]. The van der Waals surface area contributed by atoms with Crippen LogP contribution in [-0.4, -0.2) is 72.0 Å². The second-order valence-corrected chi connectivity index (χ2v) is 9.81. The fourth-order valence-electron chi connectivity index (χ4n) is 2.55. The van der Waals surface area contributed by atoms with E-state index < -0.39 is 77.0 Å². The Labute approximate surface area is 195 Å². The number of amides is 1. The topological polar surface area (TPSA) is 229 Å². The predicted octanol–water partition coefficient (Wildman–Crippen LogP) is 0.346. The van der Waals surface area contributed by atoms with Gasteiger partial charge in [-0.15, -0.1) is 0 Å². The minimum absolute atomic E-state index is 0.0594. The zero-order chi connectivity index (χ0) is 25.4. The fraction of sp³-hybridized carbons (Fsp3) is 0.500. The average Bonchev–Trinajstić information content (AvgIpc) is 2.66. The average molecular weight is 579 g/mol. The molecule has 19 heteroatoms. The highest BCUT2D eigenvalue weighted by molar-refractivity contribution is 9.09. The van der Waals surface area contributed by atoms with E-state index in [1.807, 2.05) is 0 Å². The number of halogens is 1. The Kier molecular flexibility index (Phi) is 10.8. The van der Waals surface area contributed by atoms with E-state index in [1.54, 1.807) is 0 Å². The van der Waals surface area contributed by atoms with Crippen molar-refractivity contribution in [2.24, 2.45) is 0 Å². The van der Waals surface area contributed by atoms with Crippen LogP contribution in [0.25, 0.3) is 0 Å². The van der Waals surface area contributed by atoms with Gasteiger partial charge >= 0.3 is 13.5 Å². The van der Waals surface area contributed by atoms with Crippen molar-refractivity contribution in [1.82, 2.24) is 5.32 Å². The number of phosphoric acid groups is 1. The molecule has 1 amide bonds. The number of hydrazine groups is 1. The van der Waals surface area contributed by atoms with E-state index in [0.29, 0.717) is 6.26 Å². The Bertz CT molecular complexity index is 1050. The minimum Gasteiger partial charge on any atom is -0.350 e. The summed E-state index contributed by atoms with van der Waals surface area (Å²) in [6.07, 6.45) is 0.786. The van der Waals surface area contributed by atoms with Crippen molar-refractivity contribution < 1.29 is 46.2 Å². The number of aryl methyl sites for hydroxylation is 1. The lowest BCUT2D eigenvalue weighted by Crippen LogP contribution is -2.37. The quantitative estimate of drug-likeness (QED) is 0.0675. The number of alkyl halides is 1. The molecule has 0 bridgehead atoms. The second-order valence-electron chi connectivity index (χ2n) is 6.13. The first-order valence-corrected chi connectivity index (χ1v) is 13.3. The monoisotopic (exact) mass is 578 g/mol. The number of nitrogens with zero attached hydrogens (tertiary/aromatic N) is 3. The Balaban J connectivity index is 3.44. The van der Waals surface area contributed by atoms with Gasteiger partial charge in [-0.05, 0) is 12.5 Å². The molecule has 0 aromatic heterocycles. The summed E-state index contributed by atoms with van der Waals surface area (Å²) in [5.41, 5.74) is -1.91. The summed E-state index contributed by atoms with van der Waals surface area (Å²) >= 11 is 3.12. The lowest BCUT2D eigenvalue weighted by atomic mass is 10.0. The summed E-state index contributed by atoms with van der Waals surface area (Å²) in [7, 11) is -8.77. The van der Waals surface area contributed by atoms with E-state index in [0.717, 1.165) is 6.07 Å². The third-order valence-corrected chi connectivity index (χ3v) is 5.24. The summed E-state index contributed by atoms with van der Waals surface area (Å²) in [6, 6.07) is 2.34. The van der Waals surface area contributed by atoms with Gasteiger partial charge in [0.15, 0.2) is 10.7 Å². The number of rotatable bonds is 14. The van der Waals surface area contributed by atoms with Crippen LogP contribution in [0.4, 0.5) is 11.4 Å². The van der Waals surface area contributed by atoms with Crippen LogP contribution in [0.3, 0.4) is 0 Å². The van der Waals surface area contributed by atoms with Gasteiger partial charge in [-0.3, -0.25) is 23.6 Å². The molecule has 0 aliphatic heterocycles. The van der Waals surface area contributed by atoms with Crippen LogP contribution in [0, 0.1) is 20.2 Å². The number of carbonyl (C=O) groups is 1. The van der Waals surface area contributed by atoms with Gasteiger partial charge in [-0.25, -0.2) is 14.7 Å². The van der Waals surface area contributed by atoms with Crippen molar-refractivity contribution in [2.75, 3.05) is 42.9 Å². The molecule has 0 heterocycles. The third kappa shape index (κ3) is 9.66. The Morgan fingerprint density at radius 2 is 1.91 bits per heavy atom. The summed E-state index contributed by atoms with van der Waals surface area (Å²) in [5, 5.41) is 25.1. The normalized spacial score (nSPS) is 11.8. The summed E-state index contributed by atoms with van der Waals surface area (Å²) in [5.74, 6) is -1.04. The first-order valence-electron chi connectivity index (χ1n) is 8.78. The molecule has 0 atom stereocenters. The Morgan fingerprint density at radius 1 is 1.27 bits per heavy atom. The molecule has 33 heavy (non-hydrogen) atoms. The van der Waals surface area contributed by atoms with Crippen LogP contribution in [-0.2, 0) is 29.8 Å². The number of hydrogen-bond acceptors (Lipinski definition) is 10. The molecule has 0 saturated carbocycles. The highest BCUT2D eigenvalue weighted by atomic mass is 79.9. The van der Waals surface area contributed by atoms with E-state index in [4.69, 9.17) is 9.79 Å². The Hall–Kier alpha value is -2.21. The van der Waals surface area contributed by atoms with E-state index in [1.165, 1.54) is 6.07 Å². The highest BCUT2D eigenvalue weighted by Gasteiger charge is 2.35. The van der Waals surface area contributed by atoms with Gasteiger partial charge < -0.3 is 15.1 Å². The van der Waals surface area contributed by atoms with Crippen molar-refractivity contribution in [1.29, 1.82) is 0 Å². The van der Waals surface area contributed by atoms with Gasteiger partial charge in [0, 0.05) is 17.4 Å². The van der Waals surface area contributed by atoms with Crippen LogP contribution < -0.4 is 10.3 Å². The molecular weight excluding hydrogens is 559 g/mol. The molecule has 1 aromatic carbocycles. The number of nitro benzene ring substituents is 1. The van der Waals surface area contributed by atoms with E-state index in [-0.39, 0.29) is 22.3 Å².